The predicted octanol–water partition coefficient (Wildman–Crippen LogP) is 3.27. The molecule has 0 unspecified atom stereocenters. The van der Waals surface area contributed by atoms with E-state index in [1.165, 1.54) is 0 Å². The molecule has 0 aliphatic carbocycles. The number of thioether (sulfide) groups is 1. The van der Waals surface area contributed by atoms with Crippen LogP contribution in [0.4, 0.5) is 5.69 Å². The van der Waals surface area contributed by atoms with Crippen molar-refractivity contribution in [1.82, 2.24) is 5.16 Å². The second-order valence-corrected chi connectivity index (χ2v) is 5.94. The second-order valence-electron chi connectivity index (χ2n) is 4.61. The summed E-state index contributed by atoms with van der Waals surface area (Å²) in [6.07, 6.45) is 0. The summed E-state index contributed by atoms with van der Waals surface area (Å²) in [7, 11) is 1.80. The fourth-order valence-electron chi connectivity index (χ4n) is 1.82. The summed E-state index contributed by atoms with van der Waals surface area (Å²) in [5.41, 5.74) is 1.77. The van der Waals surface area contributed by atoms with E-state index in [1.54, 1.807) is 23.7 Å². The zero-order valence-electron chi connectivity index (χ0n) is 11.9. The number of carbonyl (C=O) groups is 1. The van der Waals surface area contributed by atoms with Crippen LogP contribution < -0.4 is 4.90 Å². The molecule has 1 aromatic carbocycles. The predicted molar refractivity (Wildman–Crippen MR) is 81.8 cm³/mol. The molecule has 5 heteroatoms. The lowest BCUT2D eigenvalue weighted by Crippen LogP contribution is -2.33. The maximum Gasteiger partial charge on any atom is 0.239 e. The molecule has 0 aliphatic heterocycles. The number of aromatic nitrogens is 1. The summed E-state index contributed by atoms with van der Waals surface area (Å²) < 4.78 is 5.02. The number of anilines is 1. The zero-order valence-corrected chi connectivity index (χ0v) is 12.7. The van der Waals surface area contributed by atoms with Gasteiger partial charge in [0.15, 0.2) is 0 Å². The van der Waals surface area contributed by atoms with Gasteiger partial charge in [0.05, 0.1) is 10.9 Å². The fourth-order valence-corrected chi connectivity index (χ4v) is 2.68. The van der Waals surface area contributed by atoms with Crippen molar-refractivity contribution in [3.8, 4) is 0 Å². The van der Waals surface area contributed by atoms with Crippen LogP contribution >= 0.6 is 11.8 Å². The minimum Gasteiger partial charge on any atom is -0.361 e. The van der Waals surface area contributed by atoms with Gasteiger partial charge in [-0.05, 0) is 26.0 Å². The Hall–Kier alpha value is -1.75. The Balaban J connectivity index is 1.91. The number of amides is 1. The number of benzene rings is 1. The Bertz CT molecular complexity index is 568. The number of aryl methyl sites for hydroxylation is 1. The molecule has 0 fully saturated rings. The highest BCUT2D eigenvalue weighted by Crippen LogP contribution is 2.21. The van der Waals surface area contributed by atoms with Gasteiger partial charge in [-0.3, -0.25) is 4.79 Å². The molecule has 0 bridgehead atoms. The molecule has 2 aromatic rings. The van der Waals surface area contributed by atoms with Crippen LogP contribution in [0.3, 0.4) is 0 Å². The summed E-state index contributed by atoms with van der Waals surface area (Å²) >= 11 is 1.56. The SMILES string of the molecule is Cc1cc(CS[C@H](C)C(=O)N(C)c2ccccc2)no1. The number of nitrogens with zero attached hydrogens (tertiary/aromatic N) is 2. The molecular formula is C15H18N2O2S. The summed E-state index contributed by atoms with van der Waals surface area (Å²) in [5.74, 6) is 1.55. The molecule has 106 valence electrons. The number of hydrogen-bond donors (Lipinski definition) is 0. The lowest BCUT2D eigenvalue weighted by Gasteiger charge is -2.21. The summed E-state index contributed by atoms with van der Waals surface area (Å²) in [5, 5.41) is 3.80. The third-order valence-electron chi connectivity index (χ3n) is 2.98. The number of para-hydroxylation sites is 1. The van der Waals surface area contributed by atoms with Gasteiger partial charge in [-0.25, -0.2) is 0 Å². The van der Waals surface area contributed by atoms with Gasteiger partial charge in [-0.2, -0.15) is 0 Å². The van der Waals surface area contributed by atoms with Crippen molar-refractivity contribution in [2.75, 3.05) is 11.9 Å². The molecule has 1 aromatic heterocycles. The largest absolute Gasteiger partial charge is 0.361 e. The Morgan fingerprint density at radius 3 is 2.70 bits per heavy atom. The molecule has 0 saturated carbocycles. The Morgan fingerprint density at radius 2 is 2.10 bits per heavy atom. The summed E-state index contributed by atoms with van der Waals surface area (Å²) in [6, 6.07) is 11.5. The first-order chi connectivity index (χ1) is 9.58. The van der Waals surface area contributed by atoms with E-state index in [1.807, 2.05) is 50.2 Å². The minimum atomic E-state index is -0.128. The normalized spacial score (nSPS) is 12.2. The van der Waals surface area contributed by atoms with Gasteiger partial charge in [-0.15, -0.1) is 11.8 Å². The van der Waals surface area contributed by atoms with Crippen LogP contribution in [0, 0.1) is 6.92 Å². The van der Waals surface area contributed by atoms with Crippen LogP contribution in [0.5, 0.6) is 0 Å². The first-order valence-electron chi connectivity index (χ1n) is 6.44. The van der Waals surface area contributed by atoms with Crippen LogP contribution in [-0.4, -0.2) is 23.4 Å². The number of carbonyl (C=O) groups excluding carboxylic acids is 1. The molecule has 0 spiro atoms. The molecule has 4 nitrogen and oxygen atoms in total. The Morgan fingerprint density at radius 1 is 1.40 bits per heavy atom. The van der Waals surface area contributed by atoms with Crippen molar-refractivity contribution in [1.29, 1.82) is 0 Å². The van der Waals surface area contributed by atoms with Gasteiger partial charge in [0.1, 0.15) is 5.76 Å². The number of hydrogen-bond acceptors (Lipinski definition) is 4. The van der Waals surface area contributed by atoms with Crippen molar-refractivity contribution in [3.05, 3.63) is 47.9 Å². The lowest BCUT2D eigenvalue weighted by molar-refractivity contribution is -0.117. The maximum absolute atomic E-state index is 12.3. The lowest BCUT2D eigenvalue weighted by atomic mass is 10.3. The van der Waals surface area contributed by atoms with E-state index < -0.39 is 0 Å². The van der Waals surface area contributed by atoms with E-state index in [-0.39, 0.29) is 11.2 Å². The Kier molecular flexibility index (Phi) is 4.84. The first-order valence-corrected chi connectivity index (χ1v) is 7.49. The van der Waals surface area contributed by atoms with E-state index in [2.05, 4.69) is 5.16 Å². The molecule has 0 aliphatic rings. The van der Waals surface area contributed by atoms with Gasteiger partial charge in [-0.1, -0.05) is 23.4 Å². The fraction of sp³-hybridized carbons (Fsp3) is 0.333. The van der Waals surface area contributed by atoms with Gasteiger partial charge in [0.2, 0.25) is 5.91 Å². The van der Waals surface area contributed by atoms with Gasteiger partial charge in [0.25, 0.3) is 0 Å². The minimum absolute atomic E-state index is 0.0846. The molecule has 1 atom stereocenters. The summed E-state index contributed by atoms with van der Waals surface area (Å²) in [4.78, 5) is 14.0. The van der Waals surface area contributed by atoms with Crippen LogP contribution in [0.2, 0.25) is 0 Å². The average molecular weight is 290 g/mol. The van der Waals surface area contributed by atoms with E-state index >= 15 is 0 Å². The molecule has 0 saturated heterocycles. The second kappa shape index (κ2) is 6.61. The first kappa shape index (κ1) is 14.7. The molecule has 2 rings (SSSR count). The van der Waals surface area contributed by atoms with Crippen molar-refractivity contribution in [2.24, 2.45) is 0 Å². The van der Waals surface area contributed by atoms with Crippen molar-refractivity contribution in [3.63, 3.8) is 0 Å². The summed E-state index contributed by atoms with van der Waals surface area (Å²) in [6.45, 7) is 3.78. The van der Waals surface area contributed by atoms with E-state index in [4.69, 9.17) is 4.52 Å². The quantitative estimate of drug-likeness (QED) is 0.848. The highest BCUT2D eigenvalue weighted by molar-refractivity contribution is 7.99. The van der Waals surface area contributed by atoms with E-state index in [0.29, 0.717) is 5.75 Å². The zero-order chi connectivity index (χ0) is 14.5. The molecule has 1 heterocycles. The van der Waals surface area contributed by atoms with Crippen LogP contribution in [0.1, 0.15) is 18.4 Å². The van der Waals surface area contributed by atoms with Crippen LogP contribution in [0.15, 0.2) is 40.9 Å². The topological polar surface area (TPSA) is 46.3 Å². The molecule has 0 radical (unpaired) electrons. The Labute approximate surface area is 123 Å². The van der Waals surface area contributed by atoms with Crippen LogP contribution in [-0.2, 0) is 10.5 Å². The molecule has 1 amide bonds. The third kappa shape index (κ3) is 3.63. The molecule has 0 N–H and O–H groups in total. The molecular weight excluding hydrogens is 272 g/mol. The molecule has 20 heavy (non-hydrogen) atoms. The van der Waals surface area contributed by atoms with Crippen molar-refractivity contribution >= 4 is 23.4 Å². The van der Waals surface area contributed by atoms with Gasteiger partial charge < -0.3 is 9.42 Å². The van der Waals surface area contributed by atoms with Gasteiger partial charge in [0, 0.05) is 24.6 Å². The van der Waals surface area contributed by atoms with Crippen LogP contribution in [0.25, 0.3) is 0 Å². The van der Waals surface area contributed by atoms with Gasteiger partial charge >= 0.3 is 0 Å². The van der Waals surface area contributed by atoms with Crippen molar-refractivity contribution in [2.45, 2.75) is 24.9 Å². The number of rotatable bonds is 5. The standard InChI is InChI=1S/C15H18N2O2S/c1-11-9-13(16-19-11)10-20-12(2)15(18)17(3)14-7-5-4-6-8-14/h4-9,12H,10H2,1-3H3/t12-/m1/s1. The highest BCUT2D eigenvalue weighted by atomic mass is 32.2. The highest BCUT2D eigenvalue weighted by Gasteiger charge is 2.19. The van der Waals surface area contributed by atoms with Crippen molar-refractivity contribution < 1.29 is 9.32 Å². The maximum atomic E-state index is 12.3. The third-order valence-corrected chi connectivity index (χ3v) is 4.14. The average Bonchev–Trinajstić information content (AvgIpc) is 2.89. The van der Waals surface area contributed by atoms with E-state index in [0.717, 1.165) is 17.1 Å². The smallest absolute Gasteiger partial charge is 0.239 e. The monoisotopic (exact) mass is 290 g/mol. The van der Waals surface area contributed by atoms with E-state index in [9.17, 15) is 4.79 Å².